The van der Waals surface area contributed by atoms with Gasteiger partial charge in [-0.2, -0.15) is 0 Å². The summed E-state index contributed by atoms with van der Waals surface area (Å²) in [7, 11) is 0. The van der Waals surface area contributed by atoms with E-state index in [2.05, 4.69) is 21.6 Å². The fraction of sp³-hybridized carbons (Fsp3) is 0.333. The van der Waals surface area contributed by atoms with Gasteiger partial charge in [0.15, 0.2) is 11.5 Å². The summed E-state index contributed by atoms with van der Waals surface area (Å²) in [5.74, 6) is 0.841. The summed E-state index contributed by atoms with van der Waals surface area (Å²) in [5.41, 5.74) is 4.05. The van der Waals surface area contributed by atoms with Crippen LogP contribution < -0.4 is 5.32 Å². The summed E-state index contributed by atoms with van der Waals surface area (Å²) in [6.45, 7) is 6.55. The zero-order chi connectivity index (χ0) is 16.4. The molecule has 2 atom stereocenters. The zero-order valence-corrected chi connectivity index (χ0v) is 13.7. The van der Waals surface area contributed by atoms with Gasteiger partial charge >= 0.3 is 0 Å². The first-order chi connectivity index (χ1) is 11.1. The SMILES string of the molecule is Cc1ccc(C)c([C@@H](O)CN[C@H](C)c2nnc3ccccn23)c1. The second-order valence-corrected chi connectivity index (χ2v) is 5.99. The van der Waals surface area contributed by atoms with Crippen LogP contribution in [0.25, 0.3) is 5.65 Å². The molecule has 3 rings (SSSR count). The third-order valence-electron chi connectivity index (χ3n) is 4.14. The lowest BCUT2D eigenvalue weighted by Gasteiger charge is -2.18. The maximum Gasteiger partial charge on any atom is 0.160 e. The van der Waals surface area contributed by atoms with Crippen molar-refractivity contribution >= 4 is 5.65 Å². The van der Waals surface area contributed by atoms with Crippen LogP contribution in [-0.2, 0) is 0 Å². The van der Waals surface area contributed by atoms with Crippen molar-refractivity contribution in [2.75, 3.05) is 6.54 Å². The molecule has 5 nitrogen and oxygen atoms in total. The monoisotopic (exact) mass is 310 g/mol. The topological polar surface area (TPSA) is 62.5 Å². The third kappa shape index (κ3) is 3.25. The number of hydrogen-bond acceptors (Lipinski definition) is 4. The van der Waals surface area contributed by atoms with E-state index < -0.39 is 6.10 Å². The lowest BCUT2D eigenvalue weighted by molar-refractivity contribution is 0.169. The number of nitrogens with one attached hydrogen (secondary N) is 1. The standard InChI is InChI=1S/C18H22N4O/c1-12-7-8-13(2)15(10-12)16(23)11-19-14(3)18-21-20-17-6-4-5-9-22(17)18/h4-10,14,16,19,23H,11H2,1-3H3/t14-,16+/m1/s1. The van der Waals surface area contributed by atoms with Crippen molar-refractivity contribution in [3.8, 4) is 0 Å². The number of aliphatic hydroxyl groups is 1. The van der Waals surface area contributed by atoms with E-state index in [4.69, 9.17) is 0 Å². The summed E-state index contributed by atoms with van der Waals surface area (Å²) < 4.78 is 1.96. The molecule has 0 aliphatic rings. The highest BCUT2D eigenvalue weighted by atomic mass is 16.3. The molecule has 0 aliphatic carbocycles. The number of benzene rings is 1. The molecule has 0 bridgehead atoms. The summed E-state index contributed by atoms with van der Waals surface area (Å²) in [6, 6.07) is 12.0. The van der Waals surface area contributed by atoms with Crippen molar-refractivity contribution in [2.45, 2.75) is 32.9 Å². The van der Waals surface area contributed by atoms with E-state index in [9.17, 15) is 5.11 Å². The predicted molar refractivity (Wildman–Crippen MR) is 90.3 cm³/mol. The molecule has 0 radical (unpaired) electrons. The Kier molecular flexibility index (Phi) is 4.41. The third-order valence-corrected chi connectivity index (χ3v) is 4.14. The highest BCUT2D eigenvalue weighted by molar-refractivity contribution is 5.37. The van der Waals surface area contributed by atoms with Crippen molar-refractivity contribution < 1.29 is 5.11 Å². The van der Waals surface area contributed by atoms with Crippen LogP contribution in [0.1, 0.15) is 41.6 Å². The van der Waals surface area contributed by atoms with Crippen molar-refractivity contribution in [1.29, 1.82) is 0 Å². The van der Waals surface area contributed by atoms with Crippen LogP contribution in [0, 0.1) is 13.8 Å². The number of aryl methyl sites for hydroxylation is 2. The largest absolute Gasteiger partial charge is 0.387 e. The number of pyridine rings is 1. The van der Waals surface area contributed by atoms with Crippen LogP contribution in [0.2, 0.25) is 0 Å². The Balaban J connectivity index is 1.71. The molecule has 0 amide bonds. The maximum absolute atomic E-state index is 10.5. The van der Waals surface area contributed by atoms with Gasteiger partial charge in [-0.15, -0.1) is 10.2 Å². The number of nitrogens with zero attached hydrogens (tertiary/aromatic N) is 3. The molecule has 2 heterocycles. The molecule has 2 N–H and O–H groups in total. The summed E-state index contributed by atoms with van der Waals surface area (Å²) in [4.78, 5) is 0. The van der Waals surface area contributed by atoms with E-state index in [1.54, 1.807) is 0 Å². The lowest BCUT2D eigenvalue weighted by Crippen LogP contribution is -2.26. The minimum atomic E-state index is -0.545. The average Bonchev–Trinajstić information content (AvgIpc) is 2.98. The van der Waals surface area contributed by atoms with Crippen LogP contribution in [0.3, 0.4) is 0 Å². The second kappa shape index (κ2) is 6.48. The molecular weight excluding hydrogens is 288 g/mol. The molecular formula is C18H22N4O. The molecule has 5 heteroatoms. The first-order valence-electron chi connectivity index (χ1n) is 7.84. The van der Waals surface area contributed by atoms with E-state index in [0.717, 1.165) is 28.2 Å². The van der Waals surface area contributed by atoms with Gasteiger partial charge in [0, 0.05) is 12.7 Å². The number of rotatable bonds is 5. The smallest absolute Gasteiger partial charge is 0.160 e. The first kappa shape index (κ1) is 15.6. The molecule has 3 aromatic rings. The van der Waals surface area contributed by atoms with Crippen molar-refractivity contribution in [1.82, 2.24) is 19.9 Å². The highest BCUT2D eigenvalue weighted by Crippen LogP contribution is 2.20. The quantitative estimate of drug-likeness (QED) is 0.760. The average molecular weight is 310 g/mol. The molecule has 23 heavy (non-hydrogen) atoms. The number of aliphatic hydroxyl groups excluding tert-OH is 1. The van der Waals surface area contributed by atoms with Gasteiger partial charge < -0.3 is 10.4 Å². The Morgan fingerprint density at radius 3 is 2.83 bits per heavy atom. The normalized spacial score (nSPS) is 14.1. The molecule has 0 saturated carbocycles. The molecule has 120 valence electrons. The molecule has 0 saturated heterocycles. The molecule has 0 spiro atoms. The molecule has 1 aromatic carbocycles. The van der Waals surface area contributed by atoms with Gasteiger partial charge in [0.25, 0.3) is 0 Å². The minimum Gasteiger partial charge on any atom is -0.387 e. The Bertz CT molecular complexity index is 812. The number of hydrogen-bond donors (Lipinski definition) is 2. The van der Waals surface area contributed by atoms with E-state index >= 15 is 0 Å². The fourth-order valence-electron chi connectivity index (χ4n) is 2.76. The van der Waals surface area contributed by atoms with Gasteiger partial charge in [-0.25, -0.2) is 0 Å². The molecule has 0 unspecified atom stereocenters. The van der Waals surface area contributed by atoms with Gasteiger partial charge in [-0.3, -0.25) is 4.40 Å². The van der Waals surface area contributed by atoms with Crippen LogP contribution in [-0.4, -0.2) is 26.2 Å². The zero-order valence-electron chi connectivity index (χ0n) is 13.7. The fourth-order valence-corrected chi connectivity index (χ4v) is 2.76. The Morgan fingerprint density at radius 1 is 1.17 bits per heavy atom. The molecule has 0 aliphatic heterocycles. The molecule has 0 fully saturated rings. The van der Waals surface area contributed by atoms with Gasteiger partial charge in [0.05, 0.1) is 12.1 Å². The number of fused-ring (bicyclic) bond motifs is 1. The van der Waals surface area contributed by atoms with E-state index in [0.29, 0.717) is 6.54 Å². The van der Waals surface area contributed by atoms with Crippen molar-refractivity contribution in [2.24, 2.45) is 0 Å². The Hall–Kier alpha value is -2.24. The van der Waals surface area contributed by atoms with Crippen LogP contribution in [0.4, 0.5) is 0 Å². The summed E-state index contributed by atoms with van der Waals surface area (Å²) in [5, 5.41) is 22.2. The first-order valence-corrected chi connectivity index (χ1v) is 7.84. The maximum atomic E-state index is 10.5. The van der Waals surface area contributed by atoms with E-state index in [1.165, 1.54) is 0 Å². The van der Waals surface area contributed by atoms with Crippen molar-refractivity contribution in [3.05, 3.63) is 65.1 Å². The summed E-state index contributed by atoms with van der Waals surface area (Å²) in [6.07, 6.45) is 1.40. The Labute approximate surface area is 136 Å². The van der Waals surface area contributed by atoms with Gasteiger partial charge in [0.1, 0.15) is 0 Å². The van der Waals surface area contributed by atoms with Crippen molar-refractivity contribution in [3.63, 3.8) is 0 Å². The highest BCUT2D eigenvalue weighted by Gasteiger charge is 2.16. The number of aromatic nitrogens is 3. The van der Waals surface area contributed by atoms with Gasteiger partial charge in [0.2, 0.25) is 0 Å². The lowest BCUT2D eigenvalue weighted by atomic mass is 10.0. The Morgan fingerprint density at radius 2 is 2.00 bits per heavy atom. The minimum absolute atomic E-state index is 0.00725. The van der Waals surface area contributed by atoms with Gasteiger partial charge in [-0.05, 0) is 44.0 Å². The predicted octanol–water partition coefficient (Wildman–Crippen LogP) is 2.73. The van der Waals surface area contributed by atoms with Crippen LogP contribution in [0.15, 0.2) is 42.6 Å². The molecule has 2 aromatic heterocycles. The second-order valence-electron chi connectivity index (χ2n) is 5.99. The van der Waals surface area contributed by atoms with E-state index in [-0.39, 0.29) is 6.04 Å². The van der Waals surface area contributed by atoms with Gasteiger partial charge in [-0.1, -0.05) is 29.8 Å². The van der Waals surface area contributed by atoms with Crippen LogP contribution >= 0.6 is 0 Å². The van der Waals surface area contributed by atoms with E-state index in [1.807, 2.05) is 61.7 Å². The van der Waals surface area contributed by atoms with Crippen LogP contribution in [0.5, 0.6) is 0 Å². The summed E-state index contributed by atoms with van der Waals surface area (Å²) >= 11 is 0.